The molecule has 0 saturated heterocycles. The highest BCUT2D eigenvalue weighted by atomic mass is 79.9. The minimum Gasteiger partial charge on any atom is -0.493 e. The lowest BCUT2D eigenvalue weighted by molar-refractivity contribution is -0.139. The van der Waals surface area contributed by atoms with Crippen molar-refractivity contribution in [3.05, 3.63) is 40.6 Å². The van der Waals surface area contributed by atoms with Gasteiger partial charge in [0.2, 0.25) is 5.91 Å². The molecule has 1 heterocycles. The van der Waals surface area contributed by atoms with Crippen molar-refractivity contribution < 1.29 is 23.0 Å². The number of carbonyl (C=O) groups excluding carboxylic acids is 1. The predicted octanol–water partition coefficient (Wildman–Crippen LogP) is 3.65. The molecule has 0 saturated carbocycles. The van der Waals surface area contributed by atoms with Crippen molar-refractivity contribution in [3.8, 4) is 11.5 Å². The summed E-state index contributed by atoms with van der Waals surface area (Å²) in [5, 5.41) is 4.18. The average molecular weight is 432 g/mol. The first-order valence-electron chi connectivity index (χ1n) is 7.73. The van der Waals surface area contributed by atoms with E-state index in [1.54, 1.807) is 50.1 Å². The molecule has 0 bridgehead atoms. The molecule has 142 valence electrons. The van der Waals surface area contributed by atoms with E-state index >= 15 is 0 Å². The van der Waals surface area contributed by atoms with Crippen LogP contribution in [0.4, 0.5) is 8.78 Å². The van der Waals surface area contributed by atoms with Gasteiger partial charge in [0.1, 0.15) is 5.54 Å². The summed E-state index contributed by atoms with van der Waals surface area (Å²) in [6.07, 6.45) is 3.34. The molecular formula is C17H20BrF2N3O3. The molecule has 0 aliphatic carbocycles. The van der Waals surface area contributed by atoms with Crippen LogP contribution in [0.2, 0.25) is 0 Å². The number of benzene rings is 1. The first-order valence-corrected chi connectivity index (χ1v) is 8.52. The first-order chi connectivity index (χ1) is 12.1. The highest BCUT2D eigenvalue weighted by Crippen LogP contribution is 2.30. The van der Waals surface area contributed by atoms with Crippen LogP contribution in [-0.4, -0.2) is 41.4 Å². The second-order valence-electron chi connectivity index (χ2n) is 6.19. The minimum absolute atomic E-state index is 0.0537. The fourth-order valence-electron chi connectivity index (χ4n) is 2.52. The van der Waals surface area contributed by atoms with E-state index < -0.39 is 12.2 Å². The highest BCUT2D eigenvalue weighted by Gasteiger charge is 2.33. The summed E-state index contributed by atoms with van der Waals surface area (Å²) in [5.41, 5.74) is -0.166. The molecule has 2 rings (SSSR count). The molecule has 1 amide bonds. The lowest BCUT2D eigenvalue weighted by atomic mass is 10.0. The van der Waals surface area contributed by atoms with Crippen molar-refractivity contribution in [1.82, 2.24) is 14.7 Å². The van der Waals surface area contributed by atoms with E-state index in [9.17, 15) is 13.6 Å². The van der Waals surface area contributed by atoms with Gasteiger partial charge in [0.05, 0.1) is 17.8 Å². The number of amides is 1. The maximum absolute atomic E-state index is 12.8. The van der Waals surface area contributed by atoms with Gasteiger partial charge in [0.15, 0.2) is 11.5 Å². The largest absolute Gasteiger partial charge is 0.493 e. The van der Waals surface area contributed by atoms with Crippen molar-refractivity contribution in [2.45, 2.75) is 32.5 Å². The van der Waals surface area contributed by atoms with Gasteiger partial charge in [-0.2, -0.15) is 13.9 Å². The Kier molecular flexibility index (Phi) is 6.22. The maximum atomic E-state index is 12.8. The molecule has 26 heavy (non-hydrogen) atoms. The van der Waals surface area contributed by atoms with Crippen LogP contribution in [0.1, 0.15) is 19.4 Å². The van der Waals surface area contributed by atoms with Crippen LogP contribution in [0.25, 0.3) is 0 Å². The van der Waals surface area contributed by atoms with Crippen LogP contribution in [0.3, 0.4) is 0 Å². The van der Waals surface area contributed by atoms with Gasteiger partial charge in [-0.3, -0.25) is 9.48 Å². The Bertz CT molecular complexity index is 780. The molecule has 0 unspecified atom stereocenters. The molecule has 9 heteroatoms. The first kappa shape index (κ1) is 20.2. The summed E-state index contributed by atoms with van der Waals surface area (Å²) in [6, 6.07) is 4.58. The molecule has 0 spiro atoms. The summed E-state index contributed by atoms with van der Waals surface area (Å²) in [4.78, 5) is 14.4. The topological polar surface area (TPSA) is 56.6 Å². The predicted molar refractivity (Wildman–Crippen MR) is 95.3 cm³/mol. The van der Waals surface area contributed by atoms with Crippen LogP contribution in [0, 0.1) is 0 Å². The summed E-state index contributed by atoms with van der Waals surface area (Å²) in [6.45, 7) is 0.876. The van der Waals surface area contributed by atoms with Crippen LogP contribution in [0.15, 0.2) is 35.1 Å². The van der Waals surface area contributed by atoms with E-state index in [-0.39, 0.29) is 24.0 Å². The van der Waals surface area contributed by atoms with E-state index in [2.05, 4.69) is 25.8 Å². The van der Waals surface area contributed by atoms with Gasteiger partial charge in [0.25, 0.3) is 0 Å². The van der Waals surface area contributed by atoms with Crippen LogP contribution >= 0.6 is 15.9 Å². The molecule has 0 N–H and O–H groups in total. The number of hydrogen-bond acceptors (Lipinski definition) is 4. The molecule has 1 aromatic heterocycles. The standard InChI is InChI=1S/C17H20BrF2N3O3/c1-17(2,23-10-12(18)8-21-23)15(24)22(3)9-11-5-6-13(26-16(19)20)14(7-11)25-4/h5-8,10,16H,9H2,1-4H3. The van der Waals surface area contributed by atoms with Gasteiger partial charge >= 0.3 is 6.61 Å². The number of ether oxygens (including phenoxy) is 2. The Morgan fingerprint density at radius 3 is 2.62 bits per heavy atom. The molecule has 0 atom stereocenters. The third kappa shape index (κ3) is 4.51. The van der Waals surface area contributed by atoms with Crippen molar-refractivity contribution >= 4 is 21.8 Å². The third-order valence-electron chi connectivity index (χ3n) is 3.86. The molecule has 0 radical (unpaired) electrons. The van der Waals surface area contributed by atoms with Crippen LogP contribution in [-0.2, 0) is 16.9 Å². The molecule has 0 aliphatic heterocycles. The number of methoxy groups -OCH3 is 1. The number of carbonyl (C=O) groups is 1. The monoisotopic (exact) mass is 431 g/mol. The Labute approximate surface area is 158 Å². The molecule has 0 aliphatic rings. The number of alkyl halides is 2. The zero-order valence-corrected chi connectivity index (χ0v) is 16.5. The van der Waals surface area contributed by atoms with Crippen molar-refractivity contribution in [2.24, 2.45) is 0 Å². The number of likely N-dealkylation sites (N-methyl/N-ethyl adjacent to an activating group) is 1. The Hall–Kier alpha value is -2.16. The fourth-order valence-corrected chi connectivity index (χ4v) is 2.81. The number of hydrogen-bond donors (Lipinski definition) is 0. The molecule has 1 aromatic carbocycles. The van der Waals surface area contributed by atoms with Gasteiger partial charge in [-0.1, -0.05) is 6.07 Å². The number of halogens is 3. The summed E-state index contributed by atoms with van der Waals surface area (Å²) in [5.74, 6) is -0.0270. The maximum Gasteiger partial charge on any atom is 0.387 e. The second-order valence-corrected chi connectivity index (χ2v) is 7.10. The molecule has 6 nitrogen and oxygen atoms in total. The van der Waals surface area contributed by atoms with Gasteiger partial charge < -0.3 is 14.4 Å². The molecular weight excluding hydrogens is 412 g/mol. The van der Waals surface area contributed by atoms with Gasteiger partial charge in [-0.25, -0.2) is 0 Å². The van der Waals surface area contributed by atoms with E-state index in [0.717, 1.165) is 10.0 Å². The smallest absolute Gasteiger partial charge is 0.387 e. The van der Waals surface area contributed by atoms with E-state index in [4.69, 9.17) is 4.74 Å². The lowest BCUT2D eigenvalue weighted by Crippen LogP contribution is -2.45. The van der Waals surface area contributed by atoms with Crippen molar-refractivity contribution in [1.29, 1.82) is 0 Å². The van der Waals surface area contributed by atoms with Gasteiger partial charge in [-0.05, 0) is 47.5 Å². The normalized spacial score (nSPS) is 11.5. The number of aromatic nitrogens is 2. The average Bonchev–Trinajstić information content (AvgIpc) is 3.02. The summed E-state index contributed by atoms with van der Waals surface area (Å²) in [7, 11) is 3.03. The van der Waals surface area contributed by atoms with Crippen molar-refractivity contribution in [3.63, 3.8) is 0 Å². The van der Waals surface area contributed by atoms with E-state index in [1.807, 2.05) is 0 Å². The summed E-state index contributed by atoms with van der Waals surface area (Å²) < 4.78 is 36.7. The quantitative estimate of drug-likeness (QED) is 0.671. The Morgan fingerprint density at radius 2 is 2.08 bits per heavy atom. The van der Waals surface area contributed by atoms with Crippen LogP contribution in [0.5, 0.6) is 11.5 Å². The number of rotatable bonds is 7. The van der Waals surface area contributed by atoms with Crippen molar-refractivity contribution in [2.75, 3.05) is 14.2 Å². The molecule has 2 aromatic rings. The zero-order valence-electron chi connectivity index (χ0n) is 14.9. The molecule has 0 fully saturated rings. The van der Waals surface area contributed by atoms with E-state index in [0.29, 0.717) is 0 Å². The van der Waals surface area contributed by atoms with Gasteiger partial charge in [-0.15, -0.1) is 0 Å². The number of nitrogens with zero attached hydrogens (tertiary/aromatic N) is 3. The lowest BCUT2D eigenvalue weighted by Gasteiger charge is -2.30. The minimum atomic E-state index is -2.94. The fraction of sp³-hybridized carbons (Fsp3) is 0.412. The Morgan fingerprint density at radius 1 is 1.38 bits per heavy atom. The summed E-state index contributed by atoms with van der Waals surface area (Å²) >= 11 is 3.32. The van der Waals surface area contributed by atoms with E-state index in [1.165, 1.54) is 18.1 Å². The second kappa shape index (κ2) is 8.03. The SMILES string of the molecule is COc1cc(CN(C)C(=O)C(C)(C)n2cc(Br)cn2)ccc1OC(F)F. The zero-order chi connectivity index (χ0) is 19.5. The third-order valence-corrected chi connectivity index (χ3v) is 4.27. The highest BCUT2D eigenvalue weighted by molar-refractivity contribution is 9.10. The van der Waals surface area contributed by atoms with Gasteiger partial charge in [0, 0.05) is 19.8 Å². The van der Waals surface area contributed by atoms with Crippen LogP contribution < -0.4 is 9.47 Å². The Balaban J connectivity index is 2.15.